The van der Waals surface area contributed by atoms with Crippen LogP contribution in [0.1, 0.15) is 47.5 Å². The third-order valence-corrected chi connectivity index (χ3v) is 4.03. The van der Waals surface area contributed by atoms with Crippen LogP contribution in [0.2, 0.25) is 0 Å². The summed E-state index contributed by atoms with van der Waals surface area (Å²) in [5.74, 6) is 0.841. The molecule has 0 aromatic rings. The summed E-state index contributed by atoms with van der Waals surface area (Å²) in [5, 5.41) is 3.56. The Morgan fingerprint density at radius 3 is 2.37 bits per heavy atom. The SMILES string of the molecule is CCC1(C)NC(CC(C)C)N(C(C)CN(C)C)C1=O. The van der Waals surface area contributed by atoms with E-state index in [2.05, 4.69) is 56.9 Å². The molecule has 0 bridgehead atoms. The van der Waals surface area contributed by atoms with Gasteiger partial charge in [0, 0.05) is 12.6 Å². The van der Waals surface area contributed by atoms with Crippen molar-refractivity contribution in [2.75, 3.05) is 20.6 Å². The van der Waals surface area contributed by atoms with E-state index >= 15 is 0 Å². The summed E-state index contributed by atoms with van der Waals surface area (Å²) >= 11 is 0. The van der Waals surface area contributed by atoms with Crippen LogP contribution in [-0.2, 0) is 4.79 Å². The molecule has 1 aliphatic heterocycles. The molecule has 0 radical (unpaired) electrons. The molecule has 0 aromatic heterocycles. The van der Waals surface area contributed by atoms with E-state index in [0.29, 0.717) is 5.92 Å². The summed E-state index contributed by atoms with van der Waals surface area (Å²) in [4.78, 5) is 16.9. The Kier molecular flexibility index (Phi) is 5.39. The van der Waals surface area contributed by atoms with Crippen LogP contribution >= 0.6 is 0 Å². The fraction of sp³-hybridized carbons (Fsp3) is 0.933. The van der Waals surface area contributed by atoms with Gasteiger partial charge in [0.05, 0.1) is 11.7 Å². The third-order valence-electron chi connectivity index (χ3n) is 4.03. The highest BCUT2D eigenvalue weighted by molar-refractivity contribution is 5.88. The first kappa shape index (κ1) is 16.4. The van der Waals surface area contributed by atoms with E-state index in [4.69, 9.17) is 0 Å². The van der Waals surface area contributed by atoms with Crippen LogP contribution in [0.25, 0.3) is 0 Å². The average Bonchev–Trinajstić information content (AvgIpc) is 2.50. The maximum absolute atomic E-state index is 12.7. The summed E-state index contributed by atoms with van der Waals surface area (Å²) in [7, 11) is 4.11. The van der Waals surface area contributed by atoms with Gasteiger partial charge in [-0.2, -0.15) is 0 Å². The van der Waals surface area contributed by atoms with Gasteiger partial charge in [0.25, 0.3) is 0 Å². The second kappa shape index (κ2) is 6.23. The number of rotatable bonds is 6. The molecule has 1 heterocycles. The molecule has 1 fully saturated rings. The molecule has 19 heavy (non-hydrogen) atoms. The van der Waals surface area contributed by atoms with Crippen LogP contribution in [0.3, 0.4) is 0 Å². The van der Waals surface area contributed by atoms with Crippen molar-refractivity contribution in [2.24, 2.45) is 5.92 Å². The van der Waals surface area contributed by atoms with E-state index in [1.54, 1.807) is 0 Å². The van der Waals surface area contributed by atoms with Gasteiger partial charge in [0.2, 0.25) is 5.91 Å². The first-order valence-corrected chi connectivity index (χ1v) is 7.46. The summed E-state index contributed by atoms with van der Waals surface area (Å²) in [6.07, 6.45) is 2.03. The van der Waals surface area contributed by atoms with Crippen molar-refractivity contribution in [1.82, 2.24) is 15.1 Å². The van der Waals surface area contributed by atoms with Gasteiger partial charge >= 0.3 is 0 Å². The van der Waals surface area contributed by atoms with Crippen LogP contribution in [-0.4, -0.2) is 54.1 Å². The summed E-state index contributed by atoms with van der Waals surface area (Å²) < 4.78 is 0. The van der Waals surface area contributed by atoms with Gasteiger partial charge in [-0.25, -0.2) is 0 Å². The first-order valence-electron chi connectivity index (χ1n) is 7.46. The van der Waals surface area contributed by atoms with Gasteiger partial charge < -0.3 is 9.80 Å². The Morgan fingerprint density at radius 1 is 1.37 bits per heavy atom. The van der Waals surface area contributed by atoms with E-state index in [9.17, 15) is 4.79 Å². The first-order chi connectivity index (χ1) is 8.71. The second-order valence-electron chi connectivity index (χ2n) is 6.80. The largest absolute Gasteiger partial charge is 0.322 e. The van der Waals surface area contributed by atoms with Gasteiger partial charge in [0.15, 0.2) is 0 Å². The molecule has 1 aliphatic rings. The molecule has 1 N–H and O–H groups in total. The van der Waals surface area contributed by atoms with Crippen LogP contribution in [0, 0.1) is 5.92 Å². The van der Waals surface area contributed by atoms with E-state index in [1.807, 2.05) is 6.92 Å². The Hall–Kier alpha value is -0.610. The minimum atomic E-state index is -0.389. The molecule has 112 valence electrons. The standard InChI is InChI=1S/C15H31N3O/c1-8-15(5)14(19)18(12(4)10-17(6)7)13(16-15)9-11(2)3/h11-13,16H,8-10H2,1-7H3. The maximum atomic E-state index is 12.7. The van der Waals surface area contributed by atoms with Gasteiger partial charge in [0.1, 0.15) is 0 Å². The number of nitrogens with zero attached hydrogens (tertiary/aromatic N) is 2. The molecule has 4 nitrogen and oxygen atoms in total. The number of hydrogen-bond donors (Lipinski definition) is 1. The van der Waals surface area contributed by atoms with Crippen molar-refractivity contribution in [3.8, 4) is 0 Å². The molecule has 1 rings (SSSR count). The second-order valence-corrected chi connectivity index (χ2v) is 6.80. The van der Waals surface area contributed by atoms with E-state index in [1.165, 1.54) is 0 Å². The summed E-state index contributed by atoms with van der Waals surface area (Å²) in [6.45, 7) is 11.6. The van der Waals surface area contributed by atoms with Gasteiger partial charge in [-0.3, -0.25) is 10.1 Å². The fourth-order valence-corrected chi connectivity index (χ4v) is 2.92. The van der Waals surface area contributed by atoms with Crippen molar-refractivity contribution < 1.29 is 4.79 Å². The topological polar surface area (TPSA) is 35.6 Å². The molecule has 0 aliphatic carbocycles. The maximum Gasteiger partial charge on any atom is 0.244 e. The number of nitrogens with one attached hydrogen (secondary N) is 1. The highest BCUT2D eigenvalue weighted by Gasteiger charge is 2.48. The molecule has 1 amide bonds. The van der Waals surface area contributed by atoms with Gasteiger partial charge in [-0.15, -0.1) is 0 Å². The zero-order valence-electron chi connectivity index (χ0n) is 13.7. The lowest BCUT2D eigenvalue weighted by atomic mass is 9.99. The normalized spacial score (nSPS) is 29.6. The molecule has 3 unspecified atom stereocenters. The minimum absolute atomic E-state index is 0.174. The molecular weight excluding hydrogens is 238 g/mol. The number of likely N-dealkylation sites (N-methyl/N-ethyl adjacent to an activating group) is 1. The monoisotopic (exact) mass is 269 g/mol. The van der Waals surface area contributed by atoms with E-state index < -0.39 is 0 Å². The quantitative estimate of drug-likeness (QED) is 0.800. The lowest BCUT2D eigenvalue weighted by molar-refractivity contribution is -0.135. The lowest BCUT2D eigenvalue weighted by Gasteiger charge is -2.33. The predicted octanol–water partition coefficient (Wildman–Crippen LogP) is 1.91. The third kappa shape index (κ3) is 3.69. The fourth-order valence-electron chi connectivity index (χ4n) is 2.92. The van der Waals surface area contributed by atoms with Crippen LogP contribution < -0.4 is 5.32 Å². The van der Waals surface area contributed by atoms with Crippen molar-refractivity contribution in [3.05, 3.63) is 0 Å². The predicted molar refractivity (Wildman–Crippen MR) is 79.9 cm³/mol. The van der Waals surface area contributed by atoms with Crippen molar-refractivity contribution in [3.63, 3.8) is 0 Å². The van der Waals surface area contributed by atoms with Crippen LogP contribution in [0.15, 0.2) is 0 Å². The van der Waals surface area contributed by atoms with Gasteiger partial charge in [-0.05, 0) is 46.7 Å². The molecule has 1 saturated heterocycles. The Balaban J connectivity index is 2.91. The minimum Gasteiger partial charge on any atom is -0.322 e. The number of hydrogen-bond acceptors (Lipinski definition) is 3. The molecule has 4 heteroatoms. The Bertz CT molecular complexity index is 317. The average molecular weight is 269 g/mol. The molecule has 0 saturated carbocycles. The Labute approximate surface area is 118 Å². The smallest absolute Gasteiger partial charge is 0.244 e. The van der Waals surface area contributed by atoms with Crippen molar-refractivity contribution in [1.29, 1.82) is 0 Å². The van der Waals surface area contributed by atoms with Crippen LogP contribution in [0.5, 0.6) is 0 Å². The van der Waals surface area contributed by atoms with E-state index in [-0.39, 0.29) is 23.7 Å². The summed E-state index contributed by atoms with van der Waals surface area (Å²) in [6, 6.07) is 0.243. The zero-order chi connectivity index (χ0) is 14.8. The molecule has 0 spiro atoms. The molecular formula is C15H31N3O. The molecule has 0 aromatic carbocycles. The van der Waals surface area contributed by atoms with Gasteiger partial charge in [-0.1, -0.05) is 20.8 Å². The zero-order valence-corrected chi connectivity index (χ0v) is 13.7. The lowest BCUT2D eigenvalue weighted by Crippen LogP contribution is -2.48. The number of carbonyl (C=O) groups is 1. The number of carbonyl (C=O) groups excluding carboxylic acids is 1. The van der Waals surface area contributed by atoms with Crippen LogP contribution in [0.4, 0.5) is 0 Å². The molecule has 3 atom stereocenters. The van der Waals surface area contributed by atoms with Crippen molar-refractivity contribution >= 4 is 5.91 Å². The Morgan fingerprint density at radius 2 is 1.95 bits per heavy atom. The number of amides is 1. The highest BCUT2D eigenvalue weighted by atomic mass is 16.2. The van der Waals surface area contributed by atoms with E-state index in [0.717, 1.165) is 19.4 Å². The van der Waals surface area contributed by atoms with Crippen molar-refractivity contribution in [2.45, 2.75) is 65.2 Å². The highest BCUT2D eigenvalue weighted by Crippen LogP contribution is 2.28. The summed E-state index contributed by atoms with van der Waals surface area (Å²) in [5.41, 5.74) is -0.389.